The number of methoxy groups -OCH3 is 1. The summed E-state index contributed by atoms with van der Waals surface area (Å²) in [6, 6.07) is 14.3. The molecule has 2 unspecified atom stereocenters. The molecule has 1 amide bonds. The number of ether oxygens (including phenoxy) is 1. The van der Waals surface area contributed by atoms with Crippen LogP contribution in [-0.2, 0) is 4.79 Å². The van der Waals surface area contributed by atoms with Crippen molar-refractivity contribution in [3.63, 3.8) is 0 Å². The smallest absolute Gasteiger partial charge is 0.224 e. The third-order valence-electron chi connectivity index (χ3n) is 7.23. The molecule has 2 N–H and O–H groups in total. The number of rotatable bonds is 7. The Morgan fingerprint density at radius 1 is 1.19 bits per heavy atom. The standard InChI is InChI=1S/C28H33N5O2S/c1-3-25(34)30-22-13-12-21(17-24(22)35-2)33-27(26(31-28(33)36)23-11-7-8-15-29-23)19-14-16-32(18-19)20-9-5-4-6-10-20/h7-8,11-18,20,26-27H,3-6,9-10H2,1-2H3,(H,30,34)(H,31,36). The first-order valence-electron chi connectivity index (χ1n) is 12.7. The van der Waals surface area contributed by atoms with Gasteiger partial charge < -0.3 is 24.8 Å². The number of hydrogen-bond acceptors (Lipinski definition) is 4. The van der Waals surface area contributed by atoms with Gasteiger partial charge in [0.15, 0.2) is 5.11 Å². The first-order valence-corrected chi connectivity index (χ1v) is 13.2. The van der Waals surface area contributed by atoms with Crippen LogP contribution in [0.4, 0.5) is 11.4 Å². The van der Waals surface area contributed by atoms with Gasteiger partial charge in [0, 0.05) is 42.8 Å². The zero-order valence-electron chi connectivity index (χ0n) is 20.8. The molecule has 7 nitrogen and oxygen atoms in total. The second-order valence-electron chi connectivity index (χ2n) is 9.47. The molecule has 1 saturated carbocycles. The van der Waals surface area contributed by atoms with Crippen LogP contribution in [0.15, 0.2) is 61.1 Å². The fourth-order valence-corrected chi connectivity index (χ4v) is 5.70. The van der Waals surface area contributed by atoms with Crippen molar-refractivity contribution >= 4 is 34.6 Å². The highest BCUT2D eigenvalue weighted by Gasteiger charge is 2.41. The lowest BCUT2D eigenvalue weighted by Gasteiger charge is -2.28. The van der Waals surface area contributed by atoms with Crippen molar-refractivity contribution in [1.29, 1.82) is 0 Å². The van der Waals surface area contributed by atoms with E-state index in [1.807, 2.05) is 49.5 Å². The van der Waals surface area contributed by atoms with Crippen molar-refractivity contribution in [2.24, 2.45) is 0 Å². The minimum Gasteiger partial charge on any atom is -0.494 e. The van der Waals surface area contributed by atoms with Crippen molar-refractivity contribution in [1.82, 2.24) is 14.9 Å². The number of pyridine rings is 1. The topological polar surface area (TPSA) is 71.4 Å². The quantitative estimate of drug-likeness (QED) is 0.390. The summed E-state index contributed by atoms with van der Waals surface area (Å²) in [5.74, 6) is 0.536. The molecule has 0 spiro atoms. The molecule has 3 aromatic rings. The molecule has 0 radical (unpaired) electrons. The number of thiocarbonyl (C=S) groups is 1. The lowest BCUT2D eigenvalue weighted by Crippen LogP contribution is -2.29. The van der Waals surface area contributed by atoms with Gasteiger partial charge in [0.05, 0.1) is 30.6 Å². The minimum atomic E-state index is -0.105. The summed E-state index contributed by atoms with van der Waals surface area (Å²) in [5.41, 5.74) is 3.67. The van der Waals surface area contributed by atoms with Gasteiger partial charge in [-0.15, -0.1) is 0 Å². The minimum absolute atomic E-state index is 0.0587. The number of benzene rings is 1. The second-order valence-corrected chi connectivity index (χ2v) is 9.85. The predicted octanol–water partition coefficient (Wildman–Crippen LogP) is 5.92. The van der Waals surface area contributed by atoms with E-state index in [4.69, 9.17) is 17.0 Å². The Balaban J connectivity index is 1.53. The first-order chi connectivity index (χ1) is 17.6. The lowest BCUT2D eigenvalue weighted by molar-refractivity contribution is -0.115. The Morgan fingerprint density at radius 2 is 2.03 bits per heavy atom. The molecule has 1 saturated heterocycles. The van der Waals surface area contributed by atoms with E-state index in [1.165, 1.54) is 37.7 Å². The summed E-state index contributed by atoms with van der Waals surface area (Å²) in [4.78, 5) is 18.8. The summed E-state index contributed by atoms with van der Waals surface area (Å²) in [6.07, 6.45) is 13.1. The molecule has 5 rings (SSSR count). The van der Waals surface area contributed by atoms with Crippen molar-refractivity contribution in [3.8, 4) is 5.75 Å². The average molecular weight is 504 g/mol. The molecule has 0 bridgehead atoms. The number of carbonyl (C=O) groups is 1. The van der Waals surface area contributed by atoms with E-state index in [-0.39, 0.29) is 18.0 Å². The first kappa shape index (κ1) is 24.3. The molecule has 2 atom stereocenters. The molecule has 36 heavy (non-hydrogen) atoms. The van der Waals surface area contributed by atoms with Crippen LogP contribution < -0.4 is 20.3 Å². The van der Waals surface area contributed by atoms with Crippen molar-refractivity contribution in [3.05, 3.63) is 72.3 Å². The average Bonchev–Trinajstić information content (AvgIpc) is 3.54. The highest BCUT2D eigenvalue weighted by molar-refractivity contribution is 7.80. The summed E-state index contributed by atoms with van der Waals surface area (Å²) in [7, 11) is 1.61. The lowest BCUT2D eigenvalue weighted by atomic mass is 9.95. The fraction of sp³-hybridized carbons (Fsp3) is 0.393. The molecule has 2 aliphatic rings. The molecule has 8 heteroatoms. The van der Waals surface area contributed by atoms with E-state index in [2.05, 4.69) is 43.5 Å². The fourth-order valence-electron chi connectivity index (χ4n) is 5.36. The van der Waals surface area contributed by atoms with Gasteiger partial charge in [-0.05, 0) is 61.0 Å². The zero-order chi connectivity index (χ0) is 25.1. The second kappa shape index (κ2) is 10.7. The Labute approximate surface area is 217 Å². The number of nitrogens with zero attached hydrogens (tertiary/aromatic N) is 3. The Bertz CT molecular complexity index is 1220. The van der Waals surface area contributed by atoms with Crippen LogP contribution >= 0.6 is 12.2 Å². The van der Waals surface area contributed by atoms with Gasteiger partial charge in [0.25, 0.3) is 0 Å². The van der Waals surface area contributed by atoms with Gasteiger partial charge in [0.1, 0.15) is 5.75 Å². The Kier molecular flexibility index (Phi) is 7.23. The van der Waals surface area contributed by atoms with Gasteiger partial charge >= 0.3 is 0 Å². The van der Waals surface area contributed by atoms with Gasteiger partial charge in [-0.3, -0.25) is 9.78 Å². The summed E-state index contributed by atoms with van der Waals surface area (Å²) in [6.45, 7) is 1.83. The highest BCUT2D eigenvalue weighted by Crippen LogP contribution is 2.44. The van der Waals surface area contributed by atoms with E-state index < -0.39 is 0 Å². The molecular formula is C28H33N5O2S. The van der Waals surface area contributed by atoms with Crippen LogP contribution in [0.25, 0.3) is 0 Å². The van der Waals surface area contributed by atoms with Crippen LogP contribution in [0.5, 0.6) is 5.75 Å². The predicted molar refractivity (Wildman–Crippen MR) is 146 cm³/mol. The zero-order valence-corrected chi connectivity index (χ0v) is 21.6. The monoisotopic (exact) mass is 503 g/mol. The third kappa shape index (κ3) is 4.82. The van der Waals surface area contributed by atoms with Crippen molar-refractivity contribution in [2.45, 2.75) is 63.6 Å². The summed E-state index contributed by atoms with van der Waals surface area (Å²) >= 11 is 5.88. The molecule has 2 fully saturated rings. The van der Waals surface area contributed by atoms with Gasteiger partial charge in [-0.1, -0.05) is 32.3 Å². The maximum atomic E-state index is 12.0. The Hall–Kier alpha value is -3.39. The maximum Gasteiger partial charge on any atom is 0.224 e. The molecule has 1 aliphatic heterocycles. The van der Waals surface area contributed by atoms with Gasteiger partial charge in [-0.2, -0.15) is 0 Å². The van der Waals surface area contributed by atoms with E-state index >= 15 is 0 Å². The van der Waals surface area contributed by atoms with E-state index in [1.54, 1.807) is 7.11 Å². The highest BCUT2D eigenvalue weighted by atomic mass is 32.1. The van der Waals surface area contributed by atoms with Gasteiger partial charge in [-0.25, -0.2) is 0 Å². The third-order valence-corrected chi connectivity index (χ3v) is 7.55. The molecule has 2 aromatic heterocycles. The number of nitrogens with one attached hydrogen (secondary N) is 2. The maximum absolute atomic E-state index is 12.0. The number of carbonyl (C=O) groups excluding carboxylic acids is 1. The van der Waals surface area contributed by atoms with Crippen LogP contribution in [0.2, 0.25) is 0 Å². The van der Waals surface area contributed by atoms with E-state index in [0.29, 0.717) is 29.0 Å². The largest absolute Gasteiger partial charge is 0.494 e. The number of amides is 1. The molecule has 188 valence electrons. The van der Waals surface area contributed by atoms with E-state index in [0.717, 1.165) is 11.4 Å². The summed E-state index contributed by atoms with van der Waals surface area (Å²) < 4.78 is 8.02. The van der Waals surface area contributed by atoms with Gasteiger partial charge in [0.2, 0.25) is 5.91 Å². The van der Waals surface area contributed by atoms with Crippen LogP contribution in [-0.4, -0.2) is 27.7 Å². The number of hydrogen-bond donors (Lipinski definition) is 2. The molecular weight excluding hydrogens is 470 g/mol. The SMILES string of the molecule is CCC(=O)Nc1ccc(N2C(=S)NC(c3ccccn3)C2c2ccn(C3CCCCC3)c2)cc1OC. The normalized spacial score (nSPS) is 20.3. The van der Waals surface area contributed by atoms with Crippen molar-refractivity contribution in [2.75, 3.05) is 17.3 Å². The molecule has 3 heterocycles. The number of anilines is 2. The number of aromatic nitrogens is 2. The molecule has 1 aromatic carbocycles. The van der Waals surface area contributed by atoms with E-state index in [9.17, 15) is 4.79 Å². The van der Waals surface area contributed by atoms with Crippen molar-refractivity contribution < 1.29 is 9.53 Å². The van der Waals surface area contributed by atoms with Crippen LogP contribution in [0.1, 0.15) is 74.8 Å². The van der Waals surface area contributed by atoms with Crippen LogP contribution in [0.3, 0.4) is 0 Å². The molecule has 1 aliphatic carbocycles. The summed E-state index contributed by atoms with van der Waals surface area (Å²) in [5, 5.41) is 7.07. The van der Waals surface area contributed by atoms with Crippen LogP contribution in [0, 0.1) is 0 Å². The Morgan fingerprint density at radius 3 is 2.75 bits per heavy atom.